The van der Waals surface area contributed by atoms with Crippen molar-refractivity contribution in [3.8, 4) is 6.07 Å². The number of hydrogen-bond acceptors (Lipinski definition) is 2. The first-order valence-corrected chi connectivity index (χ1v) is 7.59. The zero-order chi connectivity index (χ0) is 13.0. The van der Waals surface area contributed by atoms with Gasteiger partial charge in [0.15, 0.2) is 0 Å². The standard InChI is InChI=1S/C15H12INS/c1-2-11-3-6-15(9-12(11)10-17)18-14-7-4-13(16)5-8-14/h3-9H,2H2,1H3. The van der Waals surface area contributed by atoms with Crippen molar-refractivity contribution in [2.24, 2.45) is 0 Å². The monoisotopic (exact) mass is 365 g/mol. The Hall–Kier alpha value is -0.990. The third-order valence-corrected chi connectivity index (χ3v) is 4.35. The molecule has 0 saturated heterocycles. The van der Waals surface area contributed by atoms with Gasteiger partial charge in [-0.1, -0.05) is 24.8 Å². The second-order valence-corrected chi connectivity index (χ2v) is 6.23. The molecule has 0 aliphatic rings. The molecule has 2 rings (SSSR count). The Kier molecular flexibility index (Phi) is 4.67. The van der Waals surface area contributed by atoms with Crippen LogP contribution in [0.3, 0.4) is 0 Å². The Bertz CT molecular complexity index is 584. The maximum absolute atomic E-state index is 9.12. The molecule has 0 radical (unpaired) electrons. The van der Waals surface area contributed by atoms with Crippen LogP contribution in [0.2, 0.25) is 0 Å². The van der Waals surface area contributed by atoms with Crippen molar-refractivity contribution in [2.45, 2.75) is 23.1 Å². The van der Waals surface area contributed by atoms with Gasteiger partial charge in [-0.2, -0.15) is 5.26 Å². The van der Waals surface area contributed by atoms with E-state index in [-0.39, 0.29) is 0 Å². The molecule has 0 atom stereocenters. The average Bonchev–Trinajstić information content (AvgIpc) is 2.41. The molecule has 0 saturated carbocycles. The lowest BCUT2D eigenvalue weighted by Gasteiger charge is -2.05. The van der Waals surface area contributed by atoms with Gasteiger partial charge in [0.25, 0.3) is 0 Å². The van der Waals surface area contributed by atoms with Gasteiger partial charge < -0.3 is 0 Å². The van der Waals surface area contributed by atoms with E-state index in [2.05, 4.69) is 65.9 Å². The summed E-state index contributed by atoms with van der Waals surface area (Å²) in [5, 5.41) is 9.12. The van der Waals surface area contributed by atoms with Crippen molar-refractivity contribution in [1.29, 1.82) is 5.26 Å². The molecule has 2 aromatic carbocycles. The van der Waals surface area contributed by atoms with Crippen molar-refractivity contribution < 1.29 is 0 Å². The fraction of sp³-hybridized carbons (Fsp3) is 0.133. The SMILES string of the molecule is CCc1ccc(Sc2ccc(I)cc2)cc1C#N. The molecule has 3 heteroatoms. The first kappa shape index (κ1) is 13.4. The van der Waals surface area contributed by atoms with E-state index in [1.54, 1.807) is 11.8 Å². The lowest BCUT2D eigenvalue weighted by molar-refractivity contribution is 1.12. The second-order valence-electron chi connectivity index (χ2n) is 3.84. The van der Waals surface area contributed by atoms with Gasteiger partial charge in [0, 0.05) is 13.4 Å². The van der Waals surface area contributed by atoms with Gasteiger partial charge in [0.2, 0.25) is 0 Å². The van der Waals surface area contributed by atoms with Gasteiger partial charge in [-0.15, -0.1) is 0 Å². The zero-order valence-electron chi connectivity index (χ0n) is 9.98. The second kappa shape index (κ2) is 6.26. The van der Waals surface area contributed by atoms with E-state index in [9.17, 15) is 0 Å². The fourth-order valence-electron chi connectivity index (χ4n) is 1.67. The Balaban J connectivity index is 2.25. The first-order valence-electron chi connectivity index (χ1n) is 5.69. The quantitative estimate of drug-likeness (QED) is 0.724. The van der Waals surface area contributed by atoms with Gasteiger partial charge in [0.05, 0.1) is 11.6 Å². The van der Waals surface area contributed by atoms with E-state index in [0.29, 0.717) is 0 Å². The lowest BCUT2D eigenvalue weighted by atomic mass is 10.1. The summed E-state index contributed by atoms with van der Waals surface area (Å²) in [4.78, 5) is 2.31. The summed E-state index contributed by atoms with van der Waals surface area (Å²) in [7, 11) is 0. The molecule has 0 aliphatic heterocycles. The van der Waals surface area contributed by atoms with Crippen molar-refractivity contribution in [1.82, 2.24) is 0 Å². The zero-order valence-corrected chi connectivity index (χ0v) is 13.0. The van der Waals surface area contributed by atoms with Crippen LogP contribution in [-0.4, -0.2) is 0 Å². The molecule has 0 aromatic heterocycles. The van der Waals surface area contributed by atoms with Crippen LogP contribution in [0.1, 0.15) is 18.1 Å². The van der Waals surface area contributed by atoms with Gasteiger partial charge in [-0.05, 0) is 71.0 Å². The highest BCUT2D eigenvalue weighted by Crippen LogP contribution is 2.29. The number of nitriles is 1. The Labute approximate surface area is 125 Å². The lowest BCUT2D eigenvalue weighted by Crippen LogP contribution is -1.87. The van der Waals surface area contributed by atoms with E-state index >= 15 is 0 Å². The largest absolute Gasteiger partial charge is 0.192 e. The molecule has 18 heavy (non-hydrogen) atoms. The molecule has 0 bridgehead atoms. The summed E-state index contributed by atoms with van der Waals surface area (Å²) in [5.41, 5.74) is 1.90. The highest BCUT2D eigenvalue weighted by molar-refractivity contribution is 14.1. The maximum atomic E-state index is 9.12. The molecule has 90 valence electrons. The van der Waals surface area contributed by atoms with Gasteiger partial charge in [0.1, 0.15) is 0 Å². The topological polar surface area (TPSA) is 23.8 Å². The highest BCUT2D eigenvalue weighted by atomic mass is 127. The van der Waals surface area contributed by atoms with Crippen molar-refractivity contribution in [3.05, 3.63) is 57.2 Å². The minimum absolute atomic E-state index is 0.785. The Morgan fingerprint density at radius 2 is 1.78 bits per heavy atom. The minimum atomic E-state index is 0.785. The Morgan fingerprint density at radius 1 is 1.11 bits per heavy atom. The molecular weight excluding hydrogens is 353 g/mol. The summed E-state index contributed by atoms with van der Waals surface area (Å²) in [6, 6.07) is 16.8. The van der Waals surface area contributed by atoms with E-state index in [0.717, 1.165) is 22.4 Å². The molecule has 0 fully saturated rings. The number of aryl methyl sites for hydroxylation is 1. The number of halogens is 1. The smallest absolute Gasteiger partial charge is 0.0994 e. The molecule has 1 nitrogen and oxygen atoms in total. The van der Waals surface area contributed by atoms with E-state index in [1.165, 1.54) is 8.47 Å². The van der Waals surface area contributed by atoms with E-state index < -0.39 is 0 Å². The van der Waals surface area contributed by atoms with Gasteiger partial charge in [-0.3, -0.25) is 0 Å². The van der Waals surface area contributed by atoms with Crippen LogP contribution in [0.15, 0.2) is 52.3 Å². The summed E-state index contributed by atoms with van der Waals surface area (Å²) in [6.07, 6.45) is 0.900. The molecule has 0 aliphatic carbocycles. The van der Waals surface area contributed by atoms with Crippen molar-refractivity contribution in [3.63, 3.8) is 0 Å². The molecular formula is C15H12INS. The summed E-state index contributed by atoms with van der Waals surface area (Å²) in [6.45, 7) is 2.07. The predicted molar refractivity (Wildman–Crippen MR) is 83.8 cm³/mol. The number of hydrogen-bond donors (Lipinski definition) is 0. The third kappa shape index (κ3) is 3.27. The normalized spacial score (nSPS) is 10.1. The molecule has 0 N–H and O–H groups in total. The molecule has 0 spiro atoms. The fourth-order valence-corrected chi connectivity index (χ4v) is 2.89. The minimum Gasteiger partial charge on any atom is -0.192 e. The molecule has 0 heterocycles. The average molecular weight is 365 g/mol. The first-order chi connectivity index (χ1) is 8.72. The molecule has 0 amide bonds. The van der Waals surface area contributed by atoms with Crippen LogP contribution in [0.5, 0.6) is 0 Å². The maximum Gasteiger partial charge on any atom is 0.0994 e. The number of rotatable bonds is 3. The van der Waals surface area contributed by atoms with Crippen LogP contribution in [0.4, 0.5) is 0 Å². The van der Waals surface area contributed by atoms with Gasteiger partial charge >= 0.3 is 0 Å². The summed E-state index contributed by atoms with van der Waals surface area (Å²) in [5.74, 6) is 0. The summed E-state index contributed by atoms with van der Waals surface area (Å²) >= 11 is 3.99. The third-order valence-electron chi connectivity index (χ3n) is 2.63. The van der Waals surface area contributed by atoms with E-state index in [1.807, 2.05) is 12.1 Å². The Morgan fingerprint density at radius 3 is 2.39 bits per heavy atom. The van der Waals surface area contributed by atoms with Crippen LogP contribution in [-0.2, 0) is 6.42 Å². The number of benzene rings is 2. The highest BCUT2D eigenvalue weighted by Gasteiger charge is 2.03. The summed E-state index contributed by atoms with van der Waals surface area (Å²) < 4.78 is 1.23. The molecule has 0 unspecified atom stereocenters. The van der Waals surface area contributed by atoms with Crippen LogP contribution >= 0.6 is 34.4 Å². The van der Waals surface area contributed by atoms with E-state index in [4.69, 9.17) is 5.26 Å². The van der Waals surface area contributed by atoms with Gasteiger partial charge in [-0.25, -0.2) is 0 Å². The van der Waals surface area contributed by atoms with Crippen LogP contribution < -0.4 is 0 Å². The van der Waals surface area contributed by atoms with Crippen molar-refractivity contribution >= 4 is 34.4 Å². The van der Waals surface area contributed by atoms with Crippen molar-refractivity contribution in [2.75, 3.05) is 0 Å². The van der Waals surface area contributed by atoms with Crippen LogP contribution in [0.25, 0.3) is 0 Å². The molecule has 2 aromatic rings. The van der Waals surface area contributed by atoms with Crippen LogP contribution in [0, 0.1) is 14.9 Å². The predicted octanol–water partition coefficient (Wildman–Crippen LogP) is 4.88. The number of nitrogens with zero attached hydrogens (tertiary/aromatic N) is 1.